The van der Waals surface area contributed by atoms with Gasteiger partial charge < -0.3 is 66.3 Å². The van der Waals surface area contributed by atoms with Crippen LogP contribution in [0.2, 0.25) is 0 Å². The Labute approximate surface area is 529 Å². The second-order valence-corrected chi connectivity index (χ2v) is 21.2. The van der Waals surface area contributed by atoms with Crippen LogP contribution in [0.25, 0.3) is 22.3 Å². The van der Waals surface area contributed by atoms with E-state index in [1.54, 1.807) is 62.4 Å². The van der Waals surface area contributed by atoms with Crippen LogP contribution in [0.1, 0.15) is 127 Å². The van der Waals surface area contributed by atoms with Crippen LogP contribution in [-0.2, 0) is 118 Å². The first kappa shape index (κ1) is 71.5. The van der Waals surface area contributed by atoms with Crippen molar-refractivity contribution in [1.29, 1.82) is 0 Å². The molecule has 26 nitrogen and oxygen atoms in total. The molecule has 92 heavy (non-hydrogen) atoms. The zero-order valence-electron chi connectivity index (χ0n) is 52.5. The number of ketones is 2. The highest BCUT2D eigenvalue weighted by molar-refractivity contribution is 5.99. The normalized spacial score (nSPS) is 20.7. The van der Waals surface area contributed by atoms with Crippen LogP contribution >= 0.6 is 0 Å². The summed E-state index contributed by atoms with van der Waals surface area (Å²) in [5.41, 5.74) is 2.86. The molecule has 0 N–H and O–H groups in total. The summed E-state index contributed by atoms with van der Waals surface area (Å²) in [5.74, 6) is -8.25. The van der Waals surface area contributed by atoms with E-state index in [-0.39, 0.29) is 97.1 Å². The second-order valence-electron chi connectivity index (χ2n) is 21.2. The van der Waals surface area contributed by atoms with Crippen molar-refractivity contribution in [1.82, 2.24) is 0 Å². The zero-order valence-corrected chi connectivity index (χ0v) is 52.5. The molecule has 4 aromatic carbocycles. The fourth-order valence-electron chi connectivity index (χ4n) is 10.2. The Balaban J connectivity index is 1.31. The smallest absolute Gasteiger partial charge is 0.310 e. The van der Waals surface area contributed by atoms with Gasteiger partial charge in [0.25, 0.3) is 0 Å². The van der Waals surface area contributed by atoms with E-state index in [1.807, 2.05) is 0 Å². The van der Waals surface area contributed by atoms with Crippen LogP contribution in [-0.4, -0.2) is 159 Å². The van der Waals surface area contributed by atoms with Crippen molar-refractivity contribution in [3.05, 3.63) is 107 Å². The fraction of sp³-hybridized carbons (Fsp3) is 0.455. The zero-order chi connectivity index (χ0) is 67.3. The van der Waals surface area contributed by atoms with Gasteiger partial charge in [0.2, 0.25) is 24.8 Å². The molecule has 0 saturated carbocycles. The van der Waals surface area contributed by atoms with Gasteiger partial charge in [0, 0.05) is 90.5 Å². The molecule has 2 aliphatic heterocycles. The van der Waals surface area contributed by atoms with Gasteiger partial charge in [-0.1, -0.05) is 48.5 Å². The molecule has 26 heteroatoms. The van der Waals surface area contributed by atoms with Crippen LogP contribution in [0, 0.1) is 0 Å². The molecule has 2 heterocycles. The van der Waals surface area contributed by atoms with Crippen molar-refractivity contribution in [2.45, 2.75) is 169 Å². The van der Waals surface area contributed by atoms with Crippen molar-refractivity contribution >= 4 is 71.3 Å². The van der Waals surface area contributed by atoms with Crippen LogP contribution in [0.5, 0.6) is 11.5 Å². The highest BCUT2D eigenvalue weighted by Gasteiger charge is 2.55. The molecule has 0 radical (unpaired) electrons. The lowest BCUT2D eigenvalue weighted by atomic mass is 9.95. The van der Waals surface area contributed by atoms with Crippen LogP contribution in [0.4, 0.5) is 0 Å². The van der Waals surface area contributed by atoms with E-state index in [2.05, 4.69) is 0 Å². The van der Waals surface area contributed by atoms with Gasteiger partial charge in [-0.2, -0.15) is 0 Å². The maximum absolute atomic E-state index is 14.2. The summed E-state index contributed by atoms with van der Waals surface area (Å²) in [4.78, 5) is 153. The van der Waals surface area contributed by atoms with Crippen molar-refractivity contribution in [2.24, 2.45) is 0 Å². The molecule has 2 fully saturated rings. The third kappa shape index (κ3) is 21.0. The molecular weight excluding hydrogens is 1210 g/mol. The van der Waals surface area contributed by atoms with Crippen molar-refractivity contribution < 1.29 is 124 Å². The van der Waals surface area contributed by atoms with Crippen LogP contribution in [0.3, 0.4) is 0 Å². The number of rotatable bonds is 29. The minimum Gasteiger partial charge on any atom is -0.466 e. The maximum atomic E-state index is 14.2. The number of carbonyl (C=O) groups is 12. The Morgan fingerprint density at radius 1 is 0.380 bits per heavy atom. The summed E-state index contributed by atoms with van der Waals surface area (Å²) < 4.78 is 79.8. The van der Waals surface area contributed by atoms with Crippen molar-refractivity contribution in [3.8, 4) is 33.8 Å². The van der Waals surface area contributed by atoms with Gasteiger partial charge in [0.1, 0.15) is 36.9 Å². The van der Waals surface area contributed by atoms with E-state index in [0.29, 0.717) is 22.3 Å². The van der Waals surface area contributed by atoms with Gasteiger partial charge in [-0.3, -0.25) is 57.5 Å². The Morgan fingerprint density at radius 3 is 1.04 bits per heavy atom. The summed E-state index contributed by atoms with van der Waals surface area (Å²) in [6.45, 7) is 11.3. The molecular formula is C66H74O26. The van der Waals surface area contributed by atoms with Gasteiger partial charge in [0.05, 0.1) is 26.1 Å². The lowest BCUT2D eigenvalue weighted by Gasteiger charge is -2.44. The minimum atomic E-state index is -1.65. The Hall–Kier alpha value is -9.56. The van der Waals surface area contributed by atoms with Crippen molar-refractivity contribution in [2.75, 3.05) is 26.4 Å². The lowest BCUT2D eigenvalue weighted by Crippen LogP contribution is -2.63. The number of ether oxygens (including phenoxy) is 14. The summed E-state index contributed by atoms with van der Waals surface area (Å²) in [6, 6.07) is 22.3. The Morgan fingerprint density at radius 2 is 0.717 bits per heavy atom. The Kier molecular flexibility index (Phi) is 26.5. The fourth-order valence-corrected chi connectivity index (χ4v) is 10.2. The third-order valence-corrected chi connectivity index (χ3v) is 13.8. The predicted molar refractivity (Wildman–Crippen MR) is 317 cm³/mol. The Bertz CT molecular complexity index is 3150. The quantitative estimate of drug-likeness (QED) is 0.0234. The number of hydrogen-bond donors (Lipinski definition) is 0. The number of hydrogen-bond acceptors (Lipinski definition) is 26. The standard InChI is InChI=1S/C66H74O26/c1-11-79-57(77)29-43-17-15-19-45(27-43)49-31-47(23-25-53(49)89-65-63(87-41(9)73)61(85-39(7)71)59(83-37(5)69)55(91-65)33-81-35(3)67)51(75)21-13-14-22-52(76)48-24-26-54(50(32-48)46-20-16-18-44(28-46)30-58(78)80-12-2)90-66-64(88-42(10)74)62(86-40(8)72)60(84-38(6)70)56(92-66)34-82-36(4)68/h15-20,23-28,31-32,55-56,59-66H,11-14,21-22,29-30,33-34H2,1-10H3/t55-,56-,59-,60-,61+,62+,63+,64+,65+,66+/m1/s1. The average molecular weight is 1280 g/mol. The molecule has 10 atom stereocenters. The molecule has 0 amide bonds. The van der Waals surface area contributed by atoms with E-state index in [9.17, 15) is 57.5 Å². The first-order valence-corrected chi connectivity index (χ1v) is 29.5. The molecule has 6 rings (SSSR count). The van der Waals surface area contributed by atoms with E-state index in [0.717, 1.165) is 55.4 Å². The maximum Gasteiger partial charge on any atom is 0.310 e. The second kappa shape index (κ2) is 34.0. The summed E-state index contributed by atoms with van der Waals surface area (Å²) in [6.07, 6.45) is -15.2. The van der Waals surface area contributed by atoms with E-state index < -0.39 is 134 Å². The number of Topliss-reactive ketones (excluding diaryl/α,β-unsaturated/α-hetero) is 2. The molecule has 0 unspecified atom stereocenters. The summed E-state index contributed by atoms with van der Waals surface area (Å²) in [5, 5.41) is 0. The largest absolute Gasteiger partial charge is 0.466 e. The van der Waals surface area contributed by atoms with E-state index >= 15 is 0 Å². The SMILES string of the molecule is CCOC(=O)Cc1cccc(-c2cc(C(=O)CCCCC(=O)c3ccc(O[C@H]4O[C@H](COC(C)=O)[C@@H](OC(C)=O)[C@H](OC(C)=O)[C@@H]4OC(C)=O)c(-c4cccc(CC(=O)OCC)c4)c3)ccc2O[C@H]2O[C@H](COC(C)=O)[C@@H](OC(C)=O)[C@H](OC(C)=O)[C@@H]2OC(C)=O)c1. The monoisotopic (exact) mass is 1280 g/mol. The molecule has 4 aromatic rings. The molecule has 0 bridgehead atoms. The predicted octanol–water partition coefficient (Wildman–Crippen LogP) is 6.78. The lowest BCUT2D eigenvalue weighted by molar-refractivity contribution is -0.288. The average Bonchev–Trinajstić information content (AvgIpc) is 0.836. The molecule has 494 valence electrons. The third-order valence-electron chi connectivity index (χ3n) is 13.8. The number of benzene rings is 4. The highest BCUT2D eigenvalue weighted by atomic mass is 16.7. The van der Waals surface area contributed by atoms with Gasteiger partial charge in [-0.15, -0.1) is 0 Å². The topological polar surface area (TPSA) is 334 Å². The minimum absolute atomic E-state index is 0.0286. The molecule has 0 spiro atoms. The summed E-state index contributed by atoms with van der Waals surface area (Å²) >= 11 is 0. The first-order chi connectivity index (χ1) is 43.7. The molecule has 0 aromatic heterocycles. The van der Waals surface area contributed by atoms with E-state index in [4.69, 9.17) is 66.3 Å². The van der Waals surface area contributed by atoms with Crippen LogP contribution in [0.15, 0.2) is 84.9 Å². The van der Waals surface area contributed by atoms with Gasteiger partial charge in [0.15, 0.2) is 36.0 Å². The molecule has 2 aliphatic rings. The highest BCUT2D eigenvalue weighted by Crippen LogP contribution is 2.39. The van der Waals surface area contributed by atoms with Gasteiger partial charge in [-0.05, 0) is 85.3 Å². The van der Waals surface area contributed by atoms with Crippen molar-refractivity contribution in [3.63, 3.8) is 0 Å². The first-order valence-electron chi connectivity index (χ1n) is 29.5. The van der Waals surface area contributed by atoms with E-state index in [1.165, 1.54) is 36.4 Å². The van der Waals surface area contributed by atoms with Crippen LogP contribution < -0.4 is 9.47 Å². The number of unbranched alkanes of at least 4 members (excludes halogenated alkanes) is 1. The number of esters is 10. The van der Waals surface area contributed by atoms with Gasteiger partial charge in [-0.25, -0.2) is 0 Å². The molecule has 2 saturated heterocycles. The number of carbonyl (C=O) groups excluding carboxylic acids is 12. The van der Waals surface area contributed by atoms with Gasteiger partial charge >= 0.3 is 59.7 Å². The summed E-state index contributed by atoms with van der Waals surface area (Å²) in [7, 11) is 0. The molecule has 0 aliphatic carbocycles.